The molecule has 1 heterocycles. The number of amides is 2. The summed E-state index contributed by atoms with van der Waals surface area (Å²) >= 11 is 0. The van der Waals surface area contributed by atoms with E-state index >= 15 is 0 Å². The number of halogens is 5. The second-order valence-corrected chi connectivity index (χ2v) is 5.69. The molecule has 138 valence electrons. The van der Waals surface area contributed by atoms with E-state index in [2.05, 4.69) is 5.32 Å². The van der Waals surface area contributed by atoms with Gasteiger partial charge < -0.3 is 15.1 Å². The van der Waals surface area contributed by atoms with E-state index in [0.717, 1.165) is 4.90 Å². The van der Waals surface area contributed by atoms with E-state index in [-0.39, 0.29) is 26.2 Å². The minimum atomic E-state index is -2.19. The van der Waals surface area contributed by atoms with E-state index in [0.29, 0.717) is 5.69 Å². The maximum Gasteiger partial charge on any atom is 0.321 e. The highest BCUT2D eigenvalue weighted by Gasteiger charge is 2.31. The third-order valence-electron chi connectivity index (χ3n) is 4.09. The van der Waals surface area contributed by atoms with E-state index in [1.165, 1.54) is 4.90 Å². The van der Waals surface area contributed by atoms with E-state index in [4.69, 9.17) is 0 Å². The molecule has 26 heavy (non-hydrogen) atoms. The van der Waals surface area contributed by atoms with Crippen molar-refractivity contribution < 1.29 is 26.7 Å². The standard InChI is InChI=1S/C17H14F5N3O/c18-11-12(19)14(21)16(15(22)13(11)20)24-6-8-25(9-7-24)17(26)23-10-4-2-1-3-5-10/h1-5H,6-9H2,(H,23,26). The topological polar surface area (TPSA) is 35.6 Å². The number of piperazine rings is 1. The van der Waals surface area contributed by atoms with Crippen LogP contribution in [0.5, 0.6) is 0 Å². The Morgan fingerprint density at radius 2 is 1.27 bits per heavy atom. The van der Waals surface area contributed by atoms with Crippen molar-refractivity contribution in [3.05, 3.63) is 59.4 Å². The van der Waals surface area contributed by atoms with Crippen LogP contribution in [0.15, 0.2) is 30.3 Å². The fourth-order valence-electron chi connectivity index (χ4n) is 2.73. The van der Waals surface area contributed by atoms with Gasteiger partial charge in [0.25, 0.3) is 0 Å². The molecule has 1 N–H and O–H groups in total. The van der Waals surface area contributed by atoms with Gasteiger partial charge in [-0.2, -0.15) is 0 Å². The number of anilines is 2. The zero-order chi connectivity index (χ0) is 18.8. The Labute approximate surface area is 145 Å². The molecule has 1 saturated heterocycles. The lowest BCUT2D eigenvalue weighted by Gasteiger charge is -2.36. The van der Waals surface area contributed by atoms with Gasteiger partial charge in [0.05, 0.1) is 0 Å². The Bertz CT molecular complexity index is 794. The lowest BCUT2D eigenvalue weighted by atomic mass is 10.2. The van der Waals surface area contributed by atoms with Crippen LogP contribution in [0.4, 0.5) is 38.1 Å². The summed E-state index contributed by atoms with van der Waals surface area (Å²) in [6, 6.07) is 8.27. The van der Waals surface area contributed by atoms with Crippen LogP contribution in [0, 0.1) is 29.1 Å². The number of benzene rings is 2. The second-order valence-electron chi connectivity index (χ2n) is 5.69. The highest BCUT2D eigenvalue weighted by atomic mass is 19.2. The van der Waals surface area contributed by atoms with Crippen molar-refractivity contribution in [2.75, 3.05) is 36.4 Å². The molecule has 2 aromatic rings. The number of urea groups is 1. The quantitative estimate of drug-likeness (QED) is 0.496. The van der Waals surface area contributed by atoms with E-state index in [1.54, 1.807) is 30.3 Å². The Morgan fingerprint density at radius 3 is 1.81 bits per heavy atom. The van der Waals surface area contributed by atoms with Gasteiger partial charge in [-0.15, -0.1) is 0 Å². The smallest absolute Gasteiger partial charge is 0.321 e. The monoisotopic (exact) mass is 371 g/mol. The summed E-state index contributed by atoms with van der Waals surface area (Å²) in [4.78, 5) is 14.6. The molecule has 1 fully saturated rings. The Balaban J connectivity index is 1.70. The SMILES string of the molecule is O=C(Nc1ccccc1)N1CCN(c2c(F)c(F)c(F)c(F)c2F)CC1. The summed E-state index contributed by atoms with van der Waals surface area (Å²) < 4.78 is 67.6. The fourth-order valence-corrected chi connectivity index (χ4v) is 2.73. The highest BCUT2D eigenvalue weighted by Crippen LogP contribution is 2.30. The largest absolute Gasteiger partial charge is 0.363 e. The summed E-state index contributed by atoms with van der Waals surface area (Å²) in [5.74, 6) is -9.90. The third-order valence-corrected chi connectivity index (χ3v) is 4.09. The molecule has 1 aliphatic heterocycles. The van der Waals surface area contributed by atoms with Gasteiger partial charge in [-0.3, -0.25) is 0 Å². The molecule has 2 aromatic carbocycles. The van der Waals surface area contributed by atoms with Gasteiger partial charge in [0.2, 0.25) is 5.82 Å². The van der Waals surface area contributed by atoms with Gasteiger partial charge >= 0.3 is 6.03 Å². The zero-order valence-corrected chi connectivity index (χ0v) is 13.4. The van der Waals surface area contributed by atoms with Crippen LogP contribution in [0.25, 0.3) is 0 Å². The van der Waals surface area contributed by atoms with E-state index in [1.807, 2.05) is 0 Å². The Morgan fingerprint density at radius 1 is 0.769 bits per heavy atom. The zero-order valence-electron chi connectivity index (χ0n) is 13.4. The molecule has 0 radical (unpaired) electrons. The average Bonchev–Trinajstić information content (AvgIpc) is 2.66. The molecule has 0 saturated carbocycles. The van der Waals surface area contributed by atoms with E-state index < -0.39 is 40.8 Å². The first-order valence-corrected chi connectivity index (χ1v) is 7.77. The maximum atomic E-state index is 13.9. The van der Waals surface area contributed by atoms with Crippen LogP contribution in [-0.4, -0.2) is 37.1 Å². The van der Waals surface area contributed by atoms with Crippen molar-refractivity contribution in [3.8, 4) is 0 Å². The van der Waals surface area contributed by atoms with Crippen LogP contribution in [0.1, 0.15) is 0 Å². The summed E-state index contributed by atoms with van der Waals surface area (Å²) in [5, 5.41) is 2.67. The van der Waals surface area contributed by atoms with Crippen molar-refractivity contribution >= 4 is 17.4 Å². The summed E-state index contributed by atoms with van der Waals surface area (Å²) in [6.45, 7) is -0.00253. The van der Waals surface area contributed by atoms with Crippen LogP contribution in [0.2, 0.25) is 0 Å². The molecule has 0 spiro atoms. The normalized spacial score (nSPS) is 14.5. The molecular formula is C17H14F5N3O. The summed E-state index contributed by atoms with van der Waals surface area (Å²) in [7, 11) is 0. The molecule has 4 nitrogen and oxygen atoms in total. The van der Waals surface area contributed by atoms with Crippen LogP contribution in [0.3, 0.4) is 0 Å². The molecule has 0 bridgehead atoms. The predicted molar refractivity (Wildman–Crippen MR) is 85.5 cm³/mol. The maximum absolute atomic E-state index is 13.9. The predicted octanol–water partition coefficient (Wildman–Crippen LogP) is 3.74. The van der Waals surface area contributed by atoms with Crippen molar-refractivity contribution in [3.63, 3.8) is 0 Å². The first kappa shape index (κ1) is 18.0. The van der Waals surface area contributed by atoms with Crippen molar-refractivity contribution in [2.45, 2.75) is 0 Å². The number of para-hydroxylation sites is 1. The minimum Gasteiger partial charge on any atom is -0.363 e. The number of nitrogens with zero attached hydrogens (tertiary/aromatic N) is 2. The first-order chi connectivity index (χ1) is 12.4. The van der Waals surface area contributed by atoms with Crippen molar-refractivity contribution in [1.82, 2.24) is 4.90 Å². The Kier molecular flexibility index (Phi) is 4.97. The van der Waals surface area contributed by atoms with Gasteiger partial charge in [-0.1, -0.05) is 18.2 Å². The lowest BCUT2D eigenvalue weighted by molar-refractivity contribution is 0.208. The molecule has 0 unspecified atom stereocenters. The van der Waals surface area contributed by atoms with Gasteiger partial charge in [0.15, 0.2) is 23.3 Å². The number of hydrogen-bond acceptors (Lipinski definition) is 2. The lowest BCUT2D eigenvalue weighted by Crippen LogP contribution is -2.50. The Hall–Kier alpha value is -2.84. The highest BCUT2D eigenvalue weighted by molar-refractivity contribution is 5.89. The van der Waals surface area contributed by atoms with E-state index in [9.17, 15) is 26.7 Å². The second kappa shape index (κ2) is 7.19. The van der Waals surface area contributed by atoms with Gasteiger partial charge in [0, 0.05) is 31.9 Å². The molecule has 1 aliphatic rings. The molecule has 3 rings (SSSR count). The first-order valence-electron chi connectivity index (χ1n) is 7.77. The third kappa shape index (κ3) is 3.29. The molecule has 2 amide bonds. The summed E-state index contributed by atoms with van der Waals surface area (Å²) in [5.41, 5.74) is -0.385. The number of hydrogen-bond donors (Lipinski definition) is 1. The van der Waals surface area contributed by atoms with Crippen LogP contribution < -0.4 is 10.2 Å². The number of carbonyl (C=O) groups is 1. The molecule has 0 aromatic heterocycles. The van der Waals surface area contributed by atoms with Crippen LogP contribution in [-0.2, 0) is 0 Å². The molecule has 9 heteroatoms. The van der Waals surface area contributed by atoms with Crippen LogP contribution >= 0.6 is 0 Å². The van der Waals surface area contributed by atoms with Gasteiger partial charge in [-0.05, 0) is 12.1 Å². The molecule has 0 aliphatic carbocycles. The average molecular weight is 371 g/mol. The fraction of sp³-hybridized carbons (Fsp3) is 0.235. The number of carbonyl (C=O) groups excluding carboxylic acids is 1. The van der Waals surface area contributed by atoms with Gasteiger partial charge in [-0.25, -0.2) is 26.7 Å². The molecule has 0 atom stereocenters. The minimum absolute atomic E-state index is 0.0676. The van der Waals surface area contributed by atoms with Crippen molar-refractivity contribution in [2.24, 2.45) is 0 Å². The summed E-state index contributed by atoms with van der Waals surface area (Å²) in [6.07, 6.45) is 0. The number of rotatable bonds is 2. The van der Waals surface area contributed by atoms with Crippen molar-refractivity contribution in [1.29, 1.82) is 0 Å². The van der Waals surface area contributed by atoms with Gasteiger partial charge in [0.1, 0.15) is 5.69 Å². The number of nitrogens with one attached hydrogen (secondary N) is 1. The molecular weight excluding hydrogens is 357 g/mol.